The van der Waals surface area contributed by atoms with Gasteiger partial charge in [0.1, 0.15) is 0 Å². The van der Waals surface area contributed by atoms with Crippen molar-refractivity contribution >= 4 is 0 Å². The molecule has 1 N–H and O–H groups in total. The lowest BCUT2D eigenvalue weighted by atomic mass is 10.0. The lowest BCUT2D eigenvalue weighted by Crippen LogP contribution is -2.46. The van der Waals surface area contributed by atoms with Crippen molar-refractivity contribution in [2.45, 2.75) is 45.2 Å². The summed E-state index contributed by atoms with van der Waals surface area (Å²) in [5.41, 5.74) is 0. The van der Waals surface area contributed by atoms with Gasteiger partial charge in [-0.2, -0.15) is 0 Å². The molecule has 2 atom stereocenters. The molecule has 2 fully saturated rings. The highest BCUT2D eigenvalue weighted by atomic mass is 15.2. The van der Waals surface area contributed by atoms with Crippen LogP contribution >= 0.6 is 0 Å². The van der Waals surface area contributed by atoms with Crippen LogP contribution < -0.4 is 5.32 Å². The number of likely N-dealkylation sites (tertiary alicyclic amines) is 1. The number of hydrogen-bond donors (Lipinski definition) is 1. The van der Waals surface area contributed by atoms with Crippen LogP contribution in [0.25, 0.3) is 0 Å². The van der Waals surface area contributed by atoms with E-state index in [1.54, 1.807) is 0 Å². The number of rotatable bonds is 7. The van der Waals surface area contributed by atoms with E-state index in [4.69, 9.17) is 0 Å². The quantitative estimate of drug-likeness (QED) is 0.744. The highest BCUT2D eigenvalue weighted by molar-refractivity contribution is 4.86. The Kier molecular flexibility index (Phi) is 5.05. The zero-order valence-corrected chi connectivity index (χ0v) is 12.7. The fourth-order valence-corrected chi connectivity index (χ4v) is 3.19. The Labute approximate surface area is 113 Å². The van der Waals surface area contributed by atoms with Crippen LogP contribution in [0.1, 0.15) is 33.1 Å². The van der Waals surface area contributed by atoms with Crippen molar-refractivity contribution in [3.05, 3.63) is 0 Å². The number of nitrogens with one attached hydrogen (secondary N) is 1. The van der Waals surface area contributed by atoms with Crippen molar-refractivity contribution < 1.29 is 0 Å². The first-order valence-electron chi connectivity index (χ1n) is 7.68. The molecule has 3 nitrogen and oxygen atoms in total. The van der Waals surface area contributed by atoms with Gasteiger partial charge in [-0.25, -0.2) is 0 Å². The smallest absolute Gasteiger partial charge is 0.0240 e. The summed E-state index contributed by atoms with van der Waals surface area (Å²) in [6, 6.07) is 1.52. The molecular formula is C15H31N3. The van der Waals surface area contributed by atoms with E-state index in [1.165, 1.54) is 45.4 Å². The second-order valence-corrected chi connectivity index (χ2v) is 6.85. The molecule has 0 amide bonds. The van der Waals surface area contributed by atoms with E-state index >= 15 is 0 Å². The Bertz CT molecular complexity index is 250. The Hall–Kier alpha value is -0.120. The van der Waals surface area contributed by atoms with Crippen LogP contribution in [-0.4, -0.2) is 62.2 Å². The van der Waals surface area contributed by atoms with Crippen LogP contribution in [0.3, 0.4) is 0 Å². The van der Waals surface area contributed by atoms with Crippen LogP contribution in [0.2, 0.25) is 0 Å². The Morgan fingerprint density at radius 1 is 1.28 bits per heavy atom. The molecule has 1 heterocycles. The van der Waals surface area contributed by atoms with E-state index in [0.717, 1.165) is 17.9 Å². The molecule has 1 aliphatic carbocycles. The Balaban J connectivity index is 1.76. The molecule has 1 saturated carbocycles. The summed E-state index contributed by atoms with van der Waals surface area (Å²) in [7, 11) is 4.56. The minimum atomic E-state index is 0.691. The summed E-state index contributed by atoms with van der Waals surface area (Å²) in [4.78, 5) is 5.06. The average Bonchev–Trinajstić information content (AvgIpc) is 3.02. The van der Waals surface area contributed by atoms with Gasteiger partial charge in [-0.1, -0.05) is 13.8 Å². The third kappa shape index (κ3) is 4.22. The van der Waals surface area contributed by atoms with Gasteiger partial charge >= 0.3 is 0 Å². The fourth-order valence-electron chi connectivity index (χ4n) is 3.19. The molecule has 0 spiro atoms. The van der Waals surface area contributed by atoms with Gasteiger partial charge in [0.15, 0.2) is 0 Å². The van der Waals surface area contributed by atoms with Gasteiger partial charge in [0.2, 0.25) is 0 Å². The molecule has 2 rings (SSSR count). The second kappa shape index (κ2) is 6.36. The van der Waals surface area contributed by atoms with Crippen molar-refractivity contribution in [3.63, 3.8) is 0 Å². The first kappa shape index (κ1) is 14.3. The lowest BCUT2D eigenvalue weighted by molar-refractivity contribution is 0.162. The third-order valence-corrected chi connectivity index (χ3v) is 4.56. The number of likely N-dealkylation sites (N-methyl/N-ethyl adjacent to an activating group) is 1. The van der Waals surface area contributed by atoms with Crippen LogP contribution in [0.5, 0.6) is 0 Å². The van der Waals surface area contributed by atoms with Gasteiger partial charge in [-0.3, -0.25) is 0 Å². The van der Waals surface area contributed by atoms with E-state index in [1.807, 2.05) is 0 Å². The largest absolute Gasteiger partial charge is 0.312 e. The molecule has 0 aromatic carbocycles. The van der Waals surface area contributed by atoms with Crippen molar-refractivity contribution in [1.29, 1.82) is 0 Å². The van der Waals surface area contributed by atoms with Gasteiger partial charge in [-0.15, -0.1) is 0 Å². The van der Waals surface area contributed by atoms with Gasteiger partial charge in [0, 0.05) is 31.7 Å². The summed E-state index contributed by atoms with van der Waals surface area (Å²) >= 11 is 0. The Morgan fingerprint density at radius 3 is 2.50 bits per heavy atom. The minimum Gasteiger partial charge on any atom is -0.312 e. The van der Waals surface area contributed by atoms with E-state index < -0.39 is 0 Å². The van der Waals surface area contributed by atoms with Crippen molar-refractivity contribution in [2.24, 2.45) is 11.8 Å². The molecule has 0 aromatic heterocycles. The molecule has 3 heteroatoms. The predicted molar refractivity (Wildman–Crippen MR) is 77.9 cm³/mol. The van der Waals surface area contributed by atoms with Gasteiger partial charge < -0.3 is 15.1 Å². The molecule has 0 radical (unpaired) electrons. The van der Waals surface area contributed by atoms with Crippen LogP contribution in [0, 0.1) is 11.8 Å². The van der Waals surface area contributed by atoms with Crippen molar-refractivity contribution in [3.8, 4) is 0 Å². The van der Waals surface area contributed by atoms with Crippen LogP contribution in [0.4, 0.5) is 0 Å². The molecule has 1 saturated heterocycles. The van der Waals surface area contributed by atoms with E-state index in [2.05, 4.69) is 43.1 Å². The first-order valence-corrected chi connectivity index (χ1v) is 7.68. The third-order valence-electron chi connectivity index (χ3n) is 4.56. The standard InChI is InChI=1S/C15H31N3/c1-12(2)15(9-16-14-5-6-14)18(4)11-13-7-8-17(3)10-13/h12-16H,5-11H2,1-4H3. The zero-order chi connectivity index (χ0) is 13.1. The van der Waals surface area contributed by atoms with E-state index in [9.17, 15) is 0 Å². The molecule has 0 aromatic rings. The average molecular weight is 253 g/mol. The van der Waals surface area contributed by atoms with E-state index in [-0.39, 0.29) is 0 Å². The lowest BCUT2D eigenvalue weighted by Gasteiger charge is -2.33. The minimum absolute atomic E-state index is 0.691. The molecule has 2 aliphatic rings. The Morgan fingerprint density at radius 2 is 2.00 bits per heavy atom. The summed E-state index contributed by atoms with van der Waals surface area (Å²) in [5, 5.41) is 3.70. The zero-order valence-electron chi connectivity index (χ0n) is 12.7. The maximum absolute atomic E-state index is 3.70. The van der Waals surface area contributed by atoms with Gasteiger partial charge in [0.05, 0.1) is 0 Å². The number of hydrogen-bond acceptors (Lipinski definition) is 3. The predicted octanol–water partition coefficient (Wildman–Crippen LogP) is 1.65. The topological polar surface area (TPSA) is 18.5 Å². The maximum atomic E-state index is 3.70. The molecule has 106 valence electrons. The van der Waals surface area contributed by atoms with E-state index in [0.29, 0.717) is 6.04 Å². The monoisotopic (exact) mass is 253 g/mol. The molecule has 18 heavy (non-hydrogen) atoms. The fraction of sp³-hybridized carbons (Fsp3) is 1.00. The normalized spacial score (nSPS) is 27.3. The highest BCUT2D eigenvalue weighted by Crippen LogP contribution is 2.21. The SMILES string of the molecule is CC(C)C(CNC1CC1)N(C)CC1CCN(C)C1. The molecule has 1 aliphatic heterocycles. The van der Waals surface area contributed by atoms with Crippen molar-refractivity contribution in [2.75, 3.05) is 40.3 Å². The summed E-state index contributed by atoms with van der Waals surface area (Å²) in [5.74, 6) is 1.61. The summed E-state index contributed by atoms with van der Waals surface area (Å²) in [6.45, 7) is 9.71. The van der Waals surface area contributed by atoms with Gasteiger partial charge in [-0.05, 0) is 51.7 Å². The maximum Gasteiger partial charge on any atom is 0.0240 e. The number of nitrogens with zero attached hydrogens (tertiary/aromatic N) is 2. The molecular weight excluding hydrogens is 222 g/mol. The van der Waals surface area contributed by atoms with Crippen LogP contribution in [-0.2, 0) is 0 Å². The first-order chi connectivity index (χ1) is 8.56. The summed E-state index contributed by atoms with van der Waals surface area (Å²) < 4.78 is 0. The summed E-state index contributed by atoms with van der Waals surface area (Å²) in [6.07, 6.45) is 4.16. The second-order valence-electron chi connectivity index (χ2n) is 6.85. The van der Waals surface area contributed by atoms with Crippen LogP contribution in [0.15, 0.2) is 0 Å². The van der Waals surface area contributed by atoms with Gasteiger partial charge in [0.25, 0.3) is 0 Å². The molecule has 0 bridgehead atoms. The highest BCUT2D eigenvalue weighted by Gasteiger charge is 2.27. The molecule has 2 unspecified atom stereocenters. The van der Waals surface area contributed by atoms with Crippen molar-refractivity contribution in [1.82, 2.24) is 15.1 Å².